The number of hydrogen-bond acceptors (Lipinski definition) is 3. The third kappa shape index (κ3) is 2.48. The summed E-state index contributed by atoms with van der Waals surface area (Å²) < 4.78 is 32.3. The van der Waals surface area contributed by atoms with Crippen LogP contribution >= 0.6 is 11.3 Å². The summed E-state index contributed by atoms with van der Waals surface area (Å²) >= 11 is 1.08. The molecule has 3 aromatic rings. The first-order valence-electron chi connectivity index (χ1n) is 6.60. The van der Waals surface area contributed by atoms with Crippen molar-refractivity contribution in [3.05, 3.63) is 59.0 Å². The summed E-state index contributed by atoms with van der Waals surface area (Å²) in [6.45, 7) is 0. The van der Waals surface area contributed by atoms with Crippen molar-refractivity contribution in [2.24, 2.45) is 0 Å². The molecule has 5 heteroatoms. The number of hydrogen-bond donors (Lipinski definition) is 0. The second-order valence-corrected chi connectivity index (χ2v) is 5.79. The van der Waals surface area contributed by atoms with Crippen molar-refractivity contribution in [3.63, 3.8) is 0 Å². The van der Waals surface area contributed by atoms with Crippen molar-refractivity contribution in [2.45, 2.75) is 6.43 Å². The van der Waals surface area contributed by atoms with E-state index in [0.717, 1.165) is 21.4 Å². The third-order valence-corrected chi connectivity index (χ3v) is 4.57. The van der Waals surface area contributed by atoms with Gasteiger partial charge >= 0.3 is 5.97 Å². The minimum Gasteiger partial charge on any atom is -0.465 e. The van der Waals surface area contributed by atoms with E-state index in [1.165, 1.54) is 7.11 Å². The number of carbonyl (C=O) groups excluding carboxylic acids is 1. The van der Waals surface area contributed by atoms with E-state index in [-0.39, 0.29) is 4.88 Å². The molecule has 0 aliphatic heterocycles. The number of thiophene rings is 1. The highest BCUT2D eigenvalue weighted by Crippen LogP contribution is 2.43. The lowest BCUT2D eigenvalue weighted by Crippen LogP contribution is -2.00. The van der Waals surface area contributed by atoms with E-state index in [4.69, 9.17) is 0 Å². The lowest BCUT2D eigenvalue weighted by molar-refractivity contribution is 0.0601. The fraction of sp³-hybridized carbons (Fsp3) is 0.118. The SMILES string of the molecule is COC(=O)c1cccc(-c2c(C(F)F)sc3ccccc23)c1. The Morgan fingerprint density at radius 1 is 1.14 bits per heavy atom. The van der Waals surface area contributed by atoms with Gasteiger partial charge in [0.1, 0.15) is 0 Å². The number of halogens is 2. The molecule has 1 aromatic heterocycles. The minimum atomic E-state index is -2.56. The molecule has 0 bridgehead atoms. The number of fused-ring (bicyclic) bond motifs is 1. The van der Waals surface area contributed by atoms with E-state index in [2.05, 4.69) is 4.74 Å². The molecule has 3 rings (SSSR count). The molecule has 112 valence electrons. The summed E-state index contributed by atoms with van der Waals surface area (Å²) in [4.78, 5) is 11.7. The number of benzene rings is 2. The maximum atomic E-state index is 13.4. The molecule has 0 spiro atoms. The van der Waals surface area contributed by atoms with Crippen LogP contribution in [0.5, 0.6) is 0 Å². The number of ether oxygens (including phenoxy) is 1. The van der Waals surface area contributed by atoms with Crippen LogP contribution in [0.3, 0.4) is 0 Å². The molecule has 0 saturated heterocycles. The molecule has 0 aliphatic rings. The van der Waals surface area contributed by atoms with Crippen molar-refractivity contribution in [1.82, 2.24) is 0 Å². The molecule has 0 unspecified atom stereocenters. The molecule has 1 heterocycles. The number of carbonyl (C=O) groups is 1. The lowest BCUT2D eigenvalue weighted by atomic mass is 10.00. The van der Waals surface area contributed by atoms with E-state index in [1.807, 2.05) is 24.3 Å². The Hall–Kier alpha value is -2.27. The number of alkyl halides is 2. The second-order valence-electron chi connectivity index (χ2n) is 4.71. The van der Waals surface area contributed by atoms with Crippen LogP contribution in [0.15, 0.2) is 48.5 Å². The number of esters is 1. The average molecular weight is 318 g/mol. The van der Waals surface area contributed by atoms with Gasteiger partial charge in [0.05, 0.1) is 17.6 Å². The third-order valence-electron chi connectivity index (χ3n) is 3.39. The fourth-order valence-corrected chi connectivity index (χ4v) is 3.52. The van der Waals surface area contributed by atoms with Gasteiger partial charge in [-0.05, 0) is 23.8 Å². The van der Waals surface area contributed by atoms with Gasteiger partial charge in [-0.3, -0.25) is 0 Å². The predicted octanol–water partition coefficient (Wildman–Crippen LogP) is 5.29. The molecule has 0 N–H and O–H groups in total. The van der Waals surface area contributed by atoms with Crippen LogP contribution in [0, 0.1) is 0 Å². The van der Waals surface area contributed by atoms with Crippen LogP contribution in [0.1, 0.15) is 21.7 Å². The Kier molecular flexibility index (Phi) is 3.90. The first-order valence-corrected chi connectivity index (χ1v) is 7.42. The molecular weight excluding hydrogens is 306 g/mol. The first-order chi connectivity index (χ1) is 10.6. The molecule has 2 aromatic carbocycles. The maximum Gasteiger partial charge on any atom is 0.337 e. The van der Waals surface area contributed by atoms with Crippen molar-refractivity contribution in [2.75, 3.05) is 7.11 Å². The van der Waals surface area contributed by atoms with Gasteiger partial charge in [0, 0.05) is 15.6 Å². The lowest BCUT2D eigenvalue weighted by Gasteiger charge is -2.06. The maximum absolute atomic E-state index is 13.4. The van der Waals surface area contributed by atoms with Gasteiger partial charge in [0.2, 0.25) is 0 Å². The van der Waals surface area contributed by atoms with E-state index < -0.39 is 12.4 Å². The molecule has 0 radical (unpaired) electrons. The zero-order valence-electron chi connectivity index (χ0n) is 11.7. The normalized spacial score (nSPS) is 11.1. The summed E-state index contributed by atoms with van der Waals surface area (Å²) in [5.74, 6) is -0.486. The monoisotopic (exact) mass is 318 g/mol. The summed E-state index contributed by atoms with van der Waals surface area (Å²) in [7, 11) is 1.29. The average Bonchev–Trinajstić information content (AvgIpc) is 2.94. The topological polar surface area (TPSA) is 26.3 Å². The van der Waals surface area contributed by atoms with E-state index >= 15 is 0 Å². The summed E-state index contributed by atoms with van der Waals surface area (Å²) in [6, 6.07) is 13.9. The van der Waals surface area contributed by atoms with Crippen LogP contribution in [-0.2, 0) is 4.74 Å². The summed E-state index contributed by atoms with van der Waals surface area (Å²) in [6.07, 6.45) is -2.56. The van der Waals surface area contributed by atoms with Crippen molar-refractivity contribution < 1.29 is 18.3 Å². The zero-order valence-corrected chi connectivity index (χ0v) is 12.5. The standard InChI is InChI=1S/C17H12F2O2S/c1-21-17(20)11-6-4-5-10(9-11)14-12-7-2-3-8-13(12)22-15(14)16(18)19/h2-9,16H,1H3. The Balaban J connectivity index is 2.25. The molecular formula is C17H12F2O2S. The molecule has 0 fully saturated rings. The van der Waals surface area contributed by atoms with Crippen molar-refractivity contribution in [3.8, 4) is 11.1 Å². The predicted molar refractivity (Wildman–Crippen MR) is 83.6 cm³/mol. The summed E-state index contributed by atoms with van der Waals surface area (Å²) in [5.41, 5.74) is 1.42. The highest BCUT2D eigenvalue weighted by molar-refractivity contribution is 7.19. The van der Waals surface area contributed by atoms with Crippen LogP contribution in [0.4, 0.5) is 8.78 Å². The molecule has 0 atom stereocenters. The molecule has 22 heavy (non-hydrogen) atoms. The fourth-order valence-electron chi connectivity index (χ4n) is 2.44. The van der Waals surface area contributed by atoms with Crippen LogP contribution in [0.2, 0.25) is 0 Å². The second kappa shape index (κ2) is 5.85. The molecule has 0 aliphatic carbocycles. The summed E-state index contributed by atoms with van der Waals surface area (Å²) in [5, 5.41) is 0.768. The molecule has 2 nitrogen and oxygen atoms in total. The van der Waals surface area contributed by atoms with Gasteiger partial charge in [-0.2, -0.15) is 0 Å². The van der Waals surface area contributed by atoms with Gasteiger partial charge in [0.15, 0.2) is 0 Å². The zero-order chi connectivity index (χ0) is 15.7. The Morgan fingerprint density at radius 2 is 1.91 bits per heavy atom. The van der Waals surface area contributed by atoms with Gasteiger partial charge in [-0.25, -0.2) is 13.6 Å². The smallest absolute Gasteiger partial charge is 0.337 e. The van der Waals surface area contributed by atoms with Crippen molar-refractivity contribution in [1.29, 1.82) is 0 Å². The first kappa shape index (κ1) is 14.7. The Labute approximate surface area is 130 Å². The molecule has 0 saturated carbocycles. The van der Waals surface area contributed by atoms with E-state index in [1.54, 1.807) is 24.3 Å². The number of methoxy groups -OCH3 is 1. The quantitative estimate of drug-likeness (QED) is 0.613. The minimum absolute atomic E-state index is 0.0169. The van der Waals surface area contributed by atoms with E-state index in [9.17, 15) is 13.6 Å². The molecule has 0 amide bonds. The van der Waals surface area contributed by atoms with Crippen LogP contribution in [-0.4, -0.2) is 13.1 Å². The van der Waals surface area contributed by atoms with Crippen molar-refractivity contribution >= 4 is 27.4 Å². The van der Waals surface area contributed by atoms with Crippen LogP contribution < -0.4 is 0 Å². The Morgan fingerprint density at radius 3 is 2.64 bits per heavy atom. The van der Waals surface area contributed by atoms with Gasteiger partial charge in [-0.15, -0.1) is 11.3 Å². The Bertz CT molecular complexity index is 840. The largest absolute Gasteiger partial charge is 0.465 e. The number of rotatable bonds is 3. The highest BCUT2D eigenvalue weighted by atomic mass is 32.1. The van der Waals surface area contributed by atoms with Crippen LogP contribution in [0.25, 0.3) is 21.2 Å². The van der Waals surface area contributed by atoms with Gasteiger partial charge in [-0.1, -0.05) is 30.3 Å². The van der Waals surface area contributed by atoms with Gasteiger partial charge < -0.3 is 4.74 Å². The van der Waals surface area contributed by atoms with E-state index in [0.29, 0.717) is 16.7 Å². The van der Waals surface area contributed by atoms with Gasteiger partial charge in [0.25, 0.3) is 6.43 Å². The highest BCUT2D eigenvalue weighted by Gasteiger charge is 2.21.